The molecule has 0 amide bonds. The number of aryl methyl sites for hydroxylation is 1. The van der Waals surface area contributed by atoms with Crippen molar-refractivity contribution < 1.29 is 14.3 Å². The normalized spacial score (nSPS) is 9.53. The van der Waals surface area contributed by atoms with E-state index < -0.39 is 0 Å². The van der Waals surface area contributed by atoms with Crippen LogP contribution < -0.4 is 10.1 Å². The second-order valence-corrected chi connectivity index (χ2v) is 3.13. The van der Waals surface area contributed by atoms with E-state index >= 15 is 0 Å². The molecule has 0 aliphatic rings. The highest BCUT2D eigenvalue weighted by Crippen LogP contribution is 2.21. The van der Waals surface area contributed by atoms with Gasteiger partial charge in [0.25, 0.3) is 0 Å². The van der Waals surface area contributed by atoms with Crippen molar-refractivity contribution in [2.45, 2.75) is 13.8 Å². The number of nitrogens with one attached hydrogen (secondary N) is 1. The Morgan fingerprint density at radius 2 is 2.20 bits per heavy atom. The van der Waals surface area contributed by atoms with Gasteiger partial charge in [-0.15, -0.1) is 0 Å². The molecule has 0 heterocycles. The molecule has 0 spiro atoms. The van der Waals surface area contributed by atoms with E-state index in [2.05, 4.69) is 10.1 Å². The Morgan fingerprint density at radius 3 is 2.73 bits per heavy atom. The lowest BCUT2D eigenvalue weighted by molar-refractivity contribution is -0.147. The summed E-state index contributed by atoms with van der Waals surface area (Å²) >= 11 is 0. The van der Waals surface area contributed by atoms with E-state index in [1.54, 1.807) is 0 Å². The Hall–Kier alpha value is -1.71. The fourth-order valence-corrected chi connectivity index (χ4v) is 1.14. The van der Waals surface area contributed by atoms with E-state index in [-0.39, 0.29) is 12.8 Å². The molecule has 1 rings (SSSR count). The van der Waals surface area contributed by atoms with Crippen LogP contribution in [0.25, 0.3) is 0 Å². The molecule has 4 nitrogen and oxygen atoms in total. The summed E-state index contributed by atoms with van der Waals surface area (Å²) in [4.78, 5) is 10.5. The number of hydrogen-bond donors (Lipinski definition) is 1. The molecule has 0 unspecified atom stereocenters. The lowest BCUT2D eigenvalue weighted by Gasteiger charge is -2.10. The SMILES string of the molecule is CNc1ccc(OCOC(C)=O)c(C)c1. The first kappa shape index (κ1) is 11.4. The van der Waals surface area contributed by atoms with Crippen molar-refractivity contribution in [2.75, 3.05) is 19.2 Å². The third kappa shape index (κ3) is 3.50. The van der Waals surface area contributed by atoms with Crippen LogP contribution in [0.15, 0.2) is 18.2 Å². The molecule has 1 aromatic rings. The van der Waals surface area contributed by atoms with Gasteiger partial charge in [0.05, 0.1) is 0 Å². The monoisotopic (exact) mass is 209 g/mol. The number of carbonyl (C=O) groups is 1. The molecule has 1 aromatic carbocycles. The Kier molecular flexibility index (Phi) is 3.97. The summed E-state index contributed by atoms with van der Waals surface area (Å²) in [6.07, 6.45) is 0. The summed E-state index contributed by atoms with van der Waals surface area (Å²) < 4.78 is 9.96. The summed E-state index contributed by atoms with van der Waals surface area (Å²) in [5.74, 6) is 0.370. The number of hydrogen-bond acceptors (Lipinski definition) is 4. The third-order valence-corrected chi connectivity index (χ3v) is 1.94. The summed E-state index contributed by atoms with van der Waals surface area (Å²) in [6.45, 7) is 3.24. The predicted molar refractivity (Wildman–Crippen MR) is 58.0 cm³/mol. The zero-order valence-corrected chi connectivity index (χ0v) is 9.16. The molecular weight excluding hydrogens is 194 g/mol. The highest BCUT2D eigenvalue weighted by atomic mass is 16.7. The number of anilines is 1. The van der Waals surface area contributed by atoms with Gasteiger partial charge in [0.15, 0.2) is 0 Å². The van der Waals surface area contributed by atoms with Crippen LogP contribution in [0, 0.1) is 6.92 Å². The summed E-state index contributed by atoms with van der Waals surface area (Å²) in [6, 6.07) is 5.70. The van der Waals surface area contributed by atoms with Crippen LogP contribution in [0.3, 0.4) is 0 Å². The standard InChI is InChI=1S/C11H15NO3/c1-8-6-10(12-3)4-5-11(8)15-7-14-9(2)13/h4-6,12H,7H2,1-3H3. The zero-order chi connectivity index (χ0) is 11.3. The number of carbonyl (C=O) groups excluding carboxylic acids is 1. The fourth-order valence-electron chi connectivity index (χ4n) is 1.14. The first-order valence-electron chi connectivity index (χ1n) is 4.68. The van der Waals surface area contributed by atoms with Gasteiger partial charge in [-0.3, -0.25) is 4.79 Å². The van der Waals surface area contributed by atoms with E-state index in [0.717, 1.165) is 17.0 Å². The largest absolute Gasteiger partial charge is 0.457 e. The van der Waals surface area contributed by atoms with Gasteiger partial charge in [0.2, 0.25) is 6.79 Å². The molecular formula is C11H15NO3. The number of ether oxygens (including phenoxy) is 2. The zero-order valence-electron chi connectivity index (χ0n) is 9.16. The highest BCUT2D eigenvalue weighted by molar-refractivity contribution is 5.65. The van der Waals surface area contributed by atoms with Crippen molar-refractivity contribution in [1.82, 2.24) is 0 Å². The van der Waals surface area contributed by atoms with Gasteiger partial charge in [0.1, 0.15) is 5.75 Å². The average molecular weight is 209 g/mol. The Morgan fingerprint density at radius 1 is 1.47 bits per heavy atom. The van der Waals surface area contributed by atoms with Gasteiger partial charge < -0.3 is 14.8 Å². The van der Waals surface area contributed by atoms with Gasteiger partial charge in [-0.05, 0) is 30.7 Å². The third-order valence-electron chi connectivity index (χ3n) is 1.94. The van der Waals surface area contributed by atoms with Crippen molar-refractivity contribution in [3.63, 3.8) is 0 Å². The van der Waals surface area contributed by atoms with Crippen molar-refractivity contribution >= 4 is 11.7 Å². The van der Waals surface area contributed by atoms with Crippen LogP contribution in [0.2, 0.25) is 0 Å². The molecule has 0 radical (unpaired) electrons. The maximum Gasteiger partial charge on any atom is 0.305 e. The second kappa shape index (κ2) is 5.24. The fraction of sp³-hybridized carbons (Fsp3) is 0.364. The van der Waals surface area contributed by atoms with E-state index in [9.17, 15) is 4.79 Å². The molecule has 15 heavy (non-hydrogen) atoms. The lowest BCUT2D eigenvalue weighted by Crippen LogP contribution is -2.07. The van der Waals surface area contributed by atoms with Crippen molar-refractivity contribution in [3.05, 3.63) is 23.8 Å². The van der Waals surface area contributed by atoms with E-state index in [4.69, 9.17) is 4.74 Å². The number of esters is 1. The van der Waals surface area contributed by atoms with Crippen LogP contribution >= 0.6 is 0 Å². The summed E-state index contributed by atoms with van der Waals surface area (Å²) in [7, 11) is 1.86. The van der Waals surface area contributed by atoms with E-state index in [1.807, 2.05) is 32.2 Å². The molecule has 0 bridgehead atoms. The van der Waals surface area contributed by atoms with Crippen molar-refractivity contribution in [1.29, 1.82) is 0 Å². The molecule has 0 atom stereocenters. The maximum absolute atomic E-state index is 10.5. The Labute approximate surface area is 89.2 Å². The number of benzene rings is 1. The van der Waals surface area contributed by atoms with Crippen LogP contribution in [0.5, 0.6) is 5.75 Å². The predicted octanol–water partition coefficient (Wildman–Crippen LogP) is 1.94. The molecule has 0 aliphatic heterocycles. The van der Waals surface area contributed by atoms with Gasteiger partial charge in [0, 0.05) is 19.7 Å². The first-order chi connectivity index (χ1) is 7.13. The van der Waals surface area contributed by atoms with Crippen LogP contribution in [0.1, 0.15) is 12.5 Å². The van der Waals surface area contributed by atoms with E-state index in [0.29, 0.717) is 0 Å². The summed E-state index contributed by atoms with van der Waals surface area (Å²) in [5, 5.41) is 3.03. The second-order valence-electron chi connectivity index (χ2n) is 3.13. The Balaban J connectivity index is 2.58. The molecule has 82 valence electrons. The molecule has 0 aromatic heterocycles. The van der Waals surface area contributed by atoms with Gasteiger partial charge >= 0.3 is 5.97 Å². The van der Waals surface area contributed by atoms with Crippen molar-refractivity contribution in [3.8, 4) is 5.75 Å². The highest BCUT2D eigenvalue weighted by Gasteiger charge is 2.01. The molecule has 0 fully saturated rings. The minimum Gasteiger partial charge on any atom is -0.457 e. The van der Waals surface area contributed by atoms with Crippen LogP contribution in [-0.2, 0) is 9.53 Å². The molecule has 0 aliphatic carbocycles. The smallest absolute Gasteiger partial charge is 0.305 e. The average Bonchev–Trinajstić information content (AvgIpc) is 2.20. The maximum atomic E-state index is 10.5. The van der Waals surface area contributed by atoms with Crippen LogP contribution in [-0.4, -0.2) is 19.8 Å². The first-order valence-corrected chi connectivity index (χ1v) is 4.68. The van der Waals surface area contributed by atoms with Gasteiger partial charge in [-0.25, -0.2) is 0 Å². The van der Waals surface area contributed by atoms with E-state index in [1.165, 1.54) is 6.92 Å². The van der Waals surface area contributed by atoms with Gasteiger partial charge in [-0.1, -0.05) is 0 Å². The minimum absolute atomic E-state index is 0.0466. The molecule has 0 saturated heterocycles. The van der Waals surface area contributed by atoms with Crippen LogP contribution in [0.4, 0.5) is 5.69 Å². The van der Waals surface area contributed by atoms with Crippen molar-refractivity contribution in [2.24, 2.45) is 0 Å². The summed E-state index contributed by atoms with van der Waals surface area (Å²) in [5.41, 5.74) is 2.02. The topological polar surface area (TPSA) is 47.6 Å². The number of rotatable bonds is 4. The van der Waals surface area contributed by atoms with Gasteiger partial charge in [-0.2, -0.15) is 0 Å². The minimum atomic E-state index is -0.348. The Bertz CT molecular complexity index is 350. The molecule has 4 heteroatoms. The molecule has 0 saturated carbocycles. The lowest BCUT2D eigenvalue weighted by atomic mass is 10.2. The molecule has 1 N–H and O–H groups in total. The quantitative estimate of drug-likeness (QED) is 0.608.